The molecular weight excluding hydrogens is 332 g/mol. The Hall–Kier alpha value is -2.33. The Morgan fingerprint density at radius 2 is 1.48 bits per heavy atom. The highest BCUT2D eigenvalue weighted by Gasteiger charge is 2.41. The van der Waals surface area contributed by atoms with Crippen molar-refractivity contribution in [3.63, 3.8) is 0 Å². The number of nitrogens with one attached hydrogen (secondary N) is 3. The van der Waals surface area contributed by atoms with Gasteiger partial charge in [0.15, 0.2) is 0 Å². The van der Waals surface area contributed by atoms with Crippen LogP contribution in [0.5, 0.6) is 0 Å². The Bertz CT molecular complexity index is 871. The molecule has 1 fully saturated rings. The number of aryl methyl sites for hydroxylation is 4. The minimum atomic E-state index is -0.0984. The molecule has 0 amide bonds. The Labute approximate surface area is 162 Å². The number of nitrogens with zero attached hydrogens (tertiary/aromatic N) is 1. The summed E-state index contributed by atoms with van der Waals surface area (Å²) >= 11 is 0. The molecule has 27 heavy (non-hydrogen) atoms. The van der Waals surface area contributed by atoms with Gasteiger partial charge in [-0.05, 0) is 82.4 Å². The predicted molar refractivity (Wildman–Crippen MR) is 115 cm³/mol. The van der Waals surface area contributed by atoms with Gasteiger partial charge in [0, 0.05) is 0 Å². The molecule has 2 aromatic carbocycles. The summed E-state index contributed by atoms with van der Waals surface area (Å²) in [6, 6.07) is 11.2. The maximum Gasteiger partial charge on any atom is 0.127 e. The van der Waals surface area contributed by atoms with Crippen molar-refractivity contribution in [1.29, 1.82) is 0 Å². The van der Waals surface area contributed by atoms with Gasteiger partial charge in [-0.2, -0.15) is 0 Å². The Morgan fingerprint density at radius 3 is 2.15 bits per heavy atom. The fourth-order valence-electron chi connectivity index (χ4n) is 4.32. The molecule has 142 valence electrons. The highest BCUT2D eigenvalue weighted by molar-refractivity contribution is 6.09. The first-order valence-corrected chi connectivity index (χ1v) is 9.94. The van der Waals surface area contributed by atoms with Crippen molar-refractivity contribution in [2.45, 2.75) is 52.6 Å². The quantitative estimate of drug-likeness (QED) is 0.738. The van der Waals surface area contributed by atoms with Crippen molar-refractivity contribution in [2.24, 2.45) is 4.99 Å². The zero-order valence-corrected chi connectivity index (χ0v) is 16.9. The summed E-state index contributed by atoms with van der Waals surface area (Å²) in [7, 11) is 0. The van der Waals surface area contributed by atoms with Gasteiger partial charge in [-0.25, -0.2) is 0 Å². The Morgan fingerprint density at radius 1 is 0.852 bits per heavy atom. The Balaban J connectivity index is 1.70. The number of aliphatic imine (C=N–C) groups is 1. The van der Waals surface area contributed by atoms with Crippen LogP contribution in [0.2, 0.25) is 0 Å². The minimum Gasteiger partial charge on any atom is -0.371 e. The van der Waals surface area contributed by atoms with Crippen molar-refractivity contribution in [3.05, 3.63) is 58.1 Å². The fraction of sp³-hybridized carbons (Fsp3) is 0.435. The minimum absolute atomic E-state index is 0.0984. The third-order valence-electron chi connectivity index (χ3n) is 5.87. The Kier molecular flexibility index (Phi) is 4.68. The smallest absolute Gasteiger partial charge is 0.127 e. The number of rotatable bonds is 2. The van der Waals surface area contributed by atoms with Gasteiger partial charge in [0.1, 0.15) is 5.84 Å². The van der Waals surface area contributed by atoms with E-state index in [0.717, 1.165) is 37.5 Å². The molecule has 2 aliphatic rings. The summed E-state index contributed by atoms with van der Waals surface area (Å²) in [5.41, 5.74) is 8.74. The summed E-state index contributed by atoms with van der Waals surface area (Å²) in [4.78, 5) is 5.08. The van der Waals surface area contributed by atoms with Crippen molar-refractivity contribution < 1.29 is 0 Å². The molecule has 3 N–H and O–H groups in total. The standard InChI is InChI=1S/C23H30N4/c1-15-9-16(2)11-19(10-15)14-25-22-23(5-7-24-8-6-23)27-21-13-18(4)17(3)12-20(21)26-22/h9-13,24,27H,5-8,14H2,1-4H3,(H,25,26). The molecular formula is C23H30N4. The first-order valence-electron chi connectivity index (χ1n) is 9.94. The van der Waals surface area contributed by atoms with E-state index in [-0.39, 0.29) is 5.54 Å². The molecule has 1 saturated heterocycles. The highest BCUT2D eigenvalue weighted by Crippen LogP contribution is 2.37. The van der Waals surface area contributed by atoms with Crippen molar-refractivity contribution in [1.82, 2.24) is 5.32 Å². The molecule has 0 saturated carbocycles. The monoisotopic (exact) mass is 362 g/mol. The first kappa shape index (κ1) is 18.1. The molecule has 4 rings (SSSR count). The highest BCUT2D eigenvalue weighted by atomic mass is 15.2. The van der Waals surface area contributed by atoms with Crippen LogP contribution in [-0.2, 0) is 6.54 Å². The largest absolute Gasteiger partial charge is 0.371 e. The molecule has 1 spiro atoms. The van der Waals surface area contributed by atoms with E-state index in [4.69, 9.17) is 4.99 Å². The zero-order chi connectivity index (χ0) is 19.0. The van der Waals surface area contributed by atoms with Crippen molar-refractivity contribution in [3.8, 4) is 0 Å². The van der Waals surface area contributed by atoms with E-state index in [1.54, 1.807) is 0 Å². The number of piperidine rings is 1. The fourth-order valence-corrected chi connectivity index (χ4v) is 4.32. The molecule has 0 aliphatic carbocycles. The molecule has 0 aromatic heterocycles. The van der Waals surface area contributed by atoms with Crippen LogP contribution < -0.4 is 16.0 Å². The molecule has 0 unspecified atom stereocenters. The van der Waals surface area contributed by atoms with Crippen LogP contribution in [0.4, 0.5) is 11.4 Å². The number of benzene rings is 2. The molecule has 0 bridgehead atoms. The van der Waals surface area contributed by atoms with Gasteiger partial charge in [-0.3, -0.25) is 4.99 Å². The van der Waals surface area contributed by atoms with Crippen LogP contribution in [0, 0.1) is 27.7 Å². The van der Waals surface area contributed by atoms with E-state index in [1.807, 2.05) is 0 Å². The maximum absolute atomic E-state index is 5.08. The molecule has 4 nitrogen and oxygen atoms in total. The van der Waals surface area contributed by atoms with E-state index in [9.17, 15) is 0 Å². The predicted octanol–water partition coefficient (Wildman–Crippen LogP) is 4.48. The van der Waals surface area contributed by atoms with E-state index >= 15 is 0 Å². The average molecular weight is 363 g/mol. The number of amidine groups is 1. The summed E-state index contributed by atoms with van der Waals surface area (Å²) in [5, 5.41) is 11.0. The summed E-state index contributed by atoms with van der Waals surface area (Å²) < 4.78 is 0. The average Bonchev–Trinajstić information content (AvgIpc) is 2.62. The third-order valence-corrected chi connectivity index (χ3v) is 5.87. The first-order chi connectivity index (χ1) is 12.9. The van der Waals surface area contributed by atoms with Crippen LogP contribution in [0.25, 0.3) is 0 Å². The molecule has 2 heterocycles. The van der Waals surface area contributed by atoms with E-state index < -0.39 is 0 Å². The second-order valence-corrected chi connectivity index (χ2v) is 8.22. The van der Waals surface area contributed by atoms with Gasteiger partial charge in [-0.1, -0.05) is 29.3 Å². The van der Waals surface area contributed by atoms with Gasteiger partial charge >= 0.3 is 0 Å². The van der Waals surface area contributed by atoms with E-state index in [2.05, 4.69) is 74.0 Å². The summed E-state index contributed by atoms with van der Waals surface area (Å²) in [5.74, 6) is 1.08. The lowest BCUT2D eigenvalue weighted by Crippen LogP contribution is -2.57. The second kappa shape index (κ2) is 7.01. The van der Waals surface area contributed by atoms with Crippen molar-refractivity contribution >= 4 is 17.2 Å². The second-order valence-electron chi connectivity index (χ2n) is 8.22. The third kappa shape index (κ3) is 3.59. The zero-order valence-electron chi connectivity index (χ0n) is 16.9. The van der Waals surface area contributed by atoms with E-state index in [0.29, 0.717) is 6.54 Å². The number of anilines is 2. The van der Waals surface area contributed by atoms with Gasteiger partial charge in [0.05, 0.1) is 23.5 Å². The summed E-state index contributed by atoms with van der Waals surface area (Å²) in [6.07, 6.45) is 2.08. The lowest BCUT2D eigenvalue weighted by molar-refractivity contribution is 0.419. The normalized spacial score (nSPS) is 19.5. The van der Waals surface area contributed by atoms with Gasteiger partial charge in [0.2, 0.25) is 0 Å². The number of hydrogen-bond acceptors (Lipinski definition) is 3. The van der Waals surface area contributed by atoms with E-state index in [1.165, 1.54) is 33.5 Å². The molecule has 2 aromatic rings. The summed E-state index contributed by atoms with van der Waals surface area (Å²) in [6.45, 7) is 11.4. The number of hydrogen-bond donors (Lipinski definition) is 3. The lowest BCUT2D eigenvalue weighted by atomic mass is 9.84. The number of fused-ring (bicyclic) bond motifs is 1. The van der Waals surface area contributed by atoms with Crippen LogP contribution in [0.1, 0.15) is 40.7 Å². The molecule has 0 atom stereocenters. The van der Waals surface area contributed by atoms with Gasteiger partial charge in [-0.15, -0.1) is 0 Å². The maximum atomic E-state index is 5.08. The SMILES string of the molecule is Cc1cc(C)cc(CN=C2Nc3cc(C)c(C)cc3NC23CCNCC3)c1. The van der Waals surface area contributed by atoms with Crippen LogP contribution in [-0.4, -0.2) is 24.5 Å². The van der Waals surface area contributed by atoms with Gasteiger partial charge in [0.25, 0.3) is 0 Å². The lowest BCUT2D eigenvalue weighted by Gasteiger charge is -2.44. The van der Waals surface area contributed by atoms with Crippen LogP contribution in [0.15, 0.2) is 35.3 Å². The topological polar surface area (TPSA) is 48.5 Å². The van der Waals surface area contributed by atoms with Crippen LogP contribution in [0.3, 0.4) is 0 Å². The van der Waals surface area contributed by atoms with Gasteiger partial charge < -0.3 is 16.0 Å². The van der Waals surface area contributed by atoms with Crippen molar-refractivity contribution in [2.75, 3.05) is 23.7 Å². The molecule has 0 radical (unpaired) electrons. The molecule has 2 aliphatic heterocycles. The van der Waals surface area contributed by atoms with Crippen LogP contribution >= 0.6 is 0 Å². The molecule has 4 heteroatoms.